The second-order valence-electron chi connectivity index (χ2n) is 6.47. The van der Waals surface area contributed by atoms with Gasteiger partial charge in [-0.1, -0.05) is 12.1 Å². The van der Waals surface area contributed by atoms with E-state index in [1.54, 1.807) is 0 Å². The largest absolute Gasteiger partial charge is 0.586 e. The van der Waals surface area contributed by atoms with Gasteiger partial charge >= 0.3 is 6.29 Å². The molecule has 31 heavy (non-hydrogen) atoms. The SMILES string of the molecule is Nc1ncc(-c2ccc3c(c2)OC(F)(F)O3)cc1-c1nnnn1-c1cccc(F)c1F. The maximum Gasteiger partial charge on any atom is 0.586 e. The minimum Gasteiger partial charge on any atom is -0.395 e. The van der Waals surface area contributed by atoms with Gasteiger partial charge in [0.1, 0.15) is 11.5 Å². The van der Waals surface area contributed by atoms with E-state index in [2.05, 4.69) is 30.0 Å². The third-order valence-corrected chi connectivity index (χ3v) is 4.52. The molecule has 3 heterocycles. The van der Waals surface area contributed by atoms with Crippen molar-refractivity contribution in [3.63, 3.8) is 0 Å². The van der Waals surface area contributed by atoms with Crippen LogP contribution in [0.4, 0.5) is 23.4 Å². The zero-order valence-corrected chi connectivity index (χ0v) is 15.3. The number of nitrogens with two attached hydrogens (primary N) is 1. The van der Waals surface area contributed by atoms with Crippen molar-refractivity contribution >= 4 is 5.82 Å². The molecule has 2 aromatic carbocycles. The zero-order valence-electron chi connectivity index (χ0n) is 15.3. The molecule has 0 bridgehead atoms. The minimum absolute atomic E-state index is 0.00336. The summed E-state index contributed by atoms with van der Waals surface area (Å²) in [5.41, 5.74) is 6.88. The maximum atomic E-state index is 14.3. The molecule has 2 N–H and O–H groups in total. The van der Waals surface area contributed by atoms with Crippen molar-refractivity contribution in [2.24, 2.45) is 0 Å². The number of ether oxygens (including phenoxy) is 2. The van der Waals surface area contributed by atoms with Gasteiger partial charge in [-0.25, -0.2) is 13.8 Å². The van der Waals surface area contributed by atoms with E-state index < -0.39 is 17.9 Å². The highest BCUT2D eigenvalue weighted by atomic mass is 19.3. The van der Waals surface area contributed by atoms with Crippen LogP contribution in [0.2, 0.25) is 0 Å². The first kappa shape index (κ1) is 18.8. The van der Waals surface area contributed by atoms with Crippen LogP contribution in [-0.2, 0) is 0 Å². The van der Waals surface area contributed by atoms with Gasteiger partial charge in [0.15, 0.2) is 29.0 Å². The Kier molecular flexibility index (Phi) is 4.03. The molecule has 0 saturated carbocycles. The van der Waals surface area contributed by atoms with Crippen LogP contribution in [0, 0.1) is 11.6 Å². The molecule has 0 saturated heterocycles. The van der Waals surface area contributed by atoms with Crippen molar-refractivity contribution in [2.45, 2.75) is 6.29 Å². The summed E-state index contributed by atoms with van der Waals surface area (Å²) in [5.74, 6) is -2.45. The zero-order chi connectivity index (χ0) is 21.8. The number of benzene rings is 2. The van der Waals surface area contributed by atoms with Crippen molar-refractivity contribution in [3.8, 4) is 39.7 Å². The Morgan fingerprint density at radius 2 is 1.77 bits per heavy atom. The van der Waals surface area contributed by atoms with Crippen molar-refractivity contribution in [1.29, 1.82) is 0 Å². The van der Waals surface area contributed by atoms with E-state index in [0.717, 1.165) is 10.7 Å². The lowest BCUT2D eigenvalue weighted by Crippen LogP contribution is -2.25. The fourth-order valence-electron chi connectivity index (χ4n) is 3.11. The van der Waals surface area contributed by atoms with E-state index in [9.17, 15) is 17.6 Å². The molecule has 156 valence electrons. The second kappa shape index (κ2) is 6.65. The fraction of sp³-hybridized carbons (Fsp3) is 0.0526. The van der Waals surface area contributed by atoms with Crippen LogP contribution in [0.3, 0.4) is 0 Å². The van der Waals surface area contributed by atoms with Gasteiger partial charge in [-0.15, -0.1) is 13.9 Å². The summed E-state index contributed by atoms with van der Waals surface area (Å²) in [6.45, 7) is 0. The molecule has 12 heteroatoms. The Hall–Kier alpha value is -4.22. The average molecular weight is 430 g/mol. The lowest BCUT2D eigenvalue weighted by atomic mass is 10.0. The number of fused-ring (bicyclic) bond motifs is 1. The molecule has 0 atom stereocenters. The van der Waals surface area contributed by atoms with E-state index >= 15 is 0 Å². The highest BCUT2D eigenvalue weighted by molar-refractivity contribution is 5.77. The third kappa shape index (κ3) is 3.17. The number of anilines is 1. The highest BCUT2D eigenvalue weighted by Crippen LogP contribution is 2.43. The van der Waals surface area contributed by atoms with Crippen molar-refractivity contribution < 1.29 is 27.0 Å². The number of rotatable bonds is 3. The molecule has 4 aromatic rings. The molecule has 0 aliphatic carbocycles. The number of aromatic nitrogens is 5. The predicted molar refractivity (Wildman–Crippen MR) is 98.4 cm³/mol. The summed E-state index contributed by atoms with van der Waals surface area (Å²) in [6, 6.07) is 9.30. The topological polar surface area (TPSA) is 101 Å². The smallest absolute Gasteiger partial charge is 0.395 e. The Morgan fingerprint density at radius 3 is 2.61 bits per heavy atom. The maximum absolute atomic E-state index is 14.3. The summed E-state index contributed by atoms with van der Waals surface area (Å²) in [6.07, 6.45) is -2.34. The number of hydrogen-bond donors (Lipinski definition) is 1. The summed E-state index contributed by atoms with van der Waals surface area (Å²) in [7, 11) is 0. The quantitative estimate of drug-likeness (QED) is 0.496. The number of alkyl halides is 2. The van der Waals surface area contributed by atoms with Crippen molar-refractivity contribution in [2.75, 3.05) is 5.73 Å². The molecule has 1 aliphatic heterocycles. The third-order valence-electron chi connectivity index (χ3n) is 4.52. The number of halogens is 4. The van der Waals surface area contributed by atoms with Crippen LogP contribution >= 0.6 is 0 Å². The number of pyridine rings is 1. The van der Waals surface area contributed by atoms with Gasteiger partial charge in [0.05, 0.1) is 5.56 Å². The first-order chi connectivity index (χ1) is 14.8. The lowest BCUT2D eigenvalue weighted by Gasteiger charge is -2.10. The molecule has 0 amide bonds. The molecule has 8 nitrogen and oxygen atoms in total. The molecule has 0 spiro atoms. The number of tetrazole rings is 1. The first-order valence-electron chi connectivity index (χ1n) is 8.71. The monoisotopic (exact) mass is 430 g/mol. The predicted octanol–water partition coefficient (Wildman–Crippen LogP) is 3.57. The lowest BCUT2D eigenvalue weighted by molar-refractivity contribution is -0.286. The van der Waals surface area contributed by atoms with Crippen LogP contribution in [0.15, 0.2) is 48.7 Å². The van der Waals surface area contributed by atoms with Gasteiger partial charge in [-0.05, 0) is 46.3 Å². The van der Waals surface area contributed by atoms with Crippen LogP contribution in [0.25, 0.3) is 28.2 Å². The number of hydrogen-bond acceptors (Lipinski definition) is 7. The summed E-state index contributed by atoms with van der Waals surface area (Å²) >= 11 is 0. The molecular weight excluding hydrogens is 420 g/mol. The minimum atomic E-state index is -3.75. The molecule has 5 rings (SSSR count). The molecule has 2 aromatic heterocycles. The van der Waals surface area contributed by atoms with Gasteiger partial charge in [0.25, 0.3) is 0 Å². The Labute approximate surface area is 170 Å². The Balaban J connectivity index is 1.59. The molecular formula is C19H10F4N6O2. The fourth-order valence-corrected chi connectivity index (χ4v) is 3.11. The average Bonchev–Trinajstić information content (AvgIpc) is 3.32. The summed E-state index contributed by atoms with van der Waals surface area (Å²) in [5, 5.41) is 11.1. The molecule has 1 aliphatic rings. The van der Waals surface area contributed by atoms with Crippen LogP contribution in [0.5, 0.6) is 11.5 Å². The Bertz CT molecular complexity index is 1330. The second-order valence-corrected chi connectivity index (χ2v) is 6.47. The standard InChI is InChI=1S/C19H10F4N6O2/c20-12-2-1-3-13(16(12)21)29-18(26-27-28-29)11-6-10(8-25-17(11)24)9-4-5-14-15(7-9)31-19(22,23)30-14/h1-8H,(H2,24,25). The van der Waals surface area contributed by atoms with Crippen molar-refractivity contribution in [3.05, 3.63) is 60.3 Å². The highest BCUT2D eigenvalue weighted by Gasteiger charge is 2.43. The van der Waals surface area contributed by atoms with Crippen LogP contribution < -0.4 is 15.2 Å². The number of nitrogens with zero attached hydrogens (tertiary/aromatic N) is 5. The van der Waals surface area contributed by atoms with E-state index in [0.29, 0.717) is 11.1 Å². The number of nitrogen functional groups attached to an aromatic ring is 1. The Morgan fingerprint density at radius 1 is 0.968 bits per heavy atom. The molecule has 0 radical (unpaired) electrons. The van der Waals surface area contributed by atoms with Gasteiger partial charge in [0.2, 0.25) is 0 Å². The van der Waals surface area contributed by atoms with Gasteiger partial charge in [-0.3, -0.25) is 0 Å². The van der Waals surface area contributed by atoms with Crippen LogP contribution in [-0.4, -0.2) is 31.5 Å². The molecule has 0 fully saturated rings. The van der Waals surface area contributed by atoms with Gasteiger partial charge < -0.3 is 15.2 Å². The normalized spacial score (nSPS) is 14.1. The first-order valence-corrected chi connectivity index (χ1v) is 8.71. The summed E-state index contributed by atoms with van der Waals surface area (Å²) in [4.78, 5) is 4.09. The van der Waals surface area contributed by atoms with Gasteiger partial charge in [-0.2, -0.15) is 4.68 Å². The van der Waals surface area contributed by atoms with Crippen LogP contribution in [0.1, 0.15) is 0 Å². The van der Waals surface area contributed by atoms with E-state index in [1.807, 2.05) is 0 Å². The van der Waals surface area contributed by atoms with Crippen molar-refractivity contribution in [1.82, 2.24) is 25.2 Å². The molecule has 0 unspecified atom stereocenters. The van der Waals surface area contributed by atoms with E-state index in [1.165, 1.54) is 42.6 Å². The van der Waals surface area contributed by atoms with Gasteiger partial charge in [0, 0.05) is 11.8 Å². The summed E-state index contributed by atoms with van der Waals surface area (Å²) < 4.78 is 64.3. The van der Waals surface area contributed by atoms with E-state index in [-0.39, 0.29) is 34.4 Å². The van der Waals surface area contributed by atoms with E-state index in [4.69, 9.17) is 5.73 Å².